The number of amides is 1. The quantitative estimate of drug-likeness (QED) is 0.749. The second-order valence-corrected chi connectivity index (χ2v) is 5.88. The second-order valence-electron chi connectivity index (χ2n) is 5.44. The monoisotopic (exact) mass is 338 g/mol. The summed E-state index contributed by atoms with van der Waals surface area (Å²) >= 11 is 5.86. The van der Waals surface area contributed by atoms with Crippen LogP contribution in [-0.4, -0.2) is 10.9 Å². The average Bonchev–Trinajstić information content (AvgIpc) is 2.57. The van der Waals surface area contributed by atoms with Gasteiger partial charge in [0.25, 0.3) is 11.5 Å². The van der Waals surface area contributed by atoms with Crippen molar-refractivity contribution >= 4 is 23.2 Å². The third-order valence-electron chi connectivity index (χ3n) is 3.62. The molecule has 3 rings (SSSR count). The van der Waals surface area contributed by atoms with E-state index < -0.39 is 11.5 Å². The number of pyridine rings is 1. The summed E-state index contributed by atoms with van der Waals surface area (Å²) in [5.41, 5.74) is 2.82. The SMILES string of the molecule is Cc1ccc(NC(=O)c2ccc(-c3ccc(Cl)cc3)[nH]c2=O)cc1. The average molecular weight is 339 g/mol. The molecule has 2 aromatic carbocycles. The number of hydrogen-bond acceptors (Lipinski definition) is 2. The fraction of sp³-hybridized carbons (Fsp3) is 0.0526. The summed E-state index contributed by atoms with van der Waals surface area (Å²) in [5.74, 6) is -0.442. The Hall–Kier alpha value is -2.85. The molecule has 0 fully saturated rings. The van der Waals surface area contributed by atoms with E-state index in [9.17, 15) is 9.59 Å². The van der Waals surface area contributed by atoms with E-state index in [0.717, 1.165) is 11.1 Å². The Morgan fingerprint density at radius 1 is 0.958 bits per heavy atom. The van der Waals surface area contributed by atoms with Gasteiger partial charge in [-0.15, -0.1) is 0 Å². The highest BCUT2D eigenvalue weighted by atomic mass is 35.5. The van der Waals surface area contributed by atoms with Crippen molar-refractivity contribution in [1.82, 2.24) is 4.98 Å². The topological polar surface area (TPSA) is 62.0 Å². The number of carbonyl (C=O) groups excluding carboxylic acids is 1. The molecule has 0 spiro atoms. The van der Waals surface area contributed by atoms with Crippen LogP contribution in [0.5, 0.6) is 0 Å². The highest BCUT2D eigenvalue weighted by Crippen LogP contribution is 2.19. The Morgan fingerprint density at radius 2 is 1.62 bits per heavy atom. The second kappa shape index (κ2) is 6.72. The number of hydrogen-bond donors (Lipinski definition) is 2. The van der Waals surface area contributed by atoms with Gasteiger partial charge in [-0.2, -0.15) is 0 Å². The first-order valence-corrected chi connectivity index (χ1v) is 7.78. The number of aryl methyl sites for hydroxylation is 1. The van der Waals surface area contributed by atoms with Crippen LogP contribution in [-0.2, 0) is 0 Å². The van der Waals surface area contributed by atoms with Gasteiger partial charge in [0.05, 0.1) is 0 Å². The molecule has 4 nitrogen and oxygen atoms in total. The highest BCUT2D eigenvalue weighted by molar-refractivity contribution is 6.30. The van der Waals surface area contributed by atoms with E-state index in [2.05, 4.69) is 10.3 Å². The molecular formula is C19H15ClN2O2. The van der Waals surface area contributed by atoms with Gasteiger partial charge >= 0.3 is 0 Å². The number of anilines is 1. The lowest BCUT2D eigenvalue weighted by Gasteiger charge is -2.07. The Bertz CT molecular complexity index is 929. The van der Waals surface area contributed by atoms with Crippen molar-refractivity contribution in [2.24, 2.45) is 0 Å². The molecule has 1 amide bonds. The maximum atomic E-state index is 12.3. The van der Waals surface area contributed by atoms with Crippen LogP contribution in [0.4, 0.5) is 5.69 Å². The minimum absolute atomic E-state index is 0.0632. The fourth-order valence-corrected chi connectivity index (χ4v) is 2.41. The van der Waals surface area contributed by atoms with Gasteiger partial charge in [0.2, 0.25) is 0 Å². The molecule has 0 bridgehead atoms. The Balaban J connectivity index is 1.84. The maximum Gasteiger partial charge on any atom is 0.261 e. The molecule has 1 aromatic heterocycles. The first-order valence-electron chi connectivity index (χ1n) is 7.40. The zero-order valence-electron chi connectivity index (χ0n) is 13.0. The van der Waals surface area contributed by atoms with Crippen molar-refractivity contribution in [1.29, 1.82) is 0 Å². The van der Waals surface area contributed by atoms with Crippen LogP contribution >= 0.6 is 11.6 Å². The number of nitrogens with one attached hydrogen (secondary N) is 2. The Kier molecular flexibility index (Phi) is 4.49. The lowest BCUT2D eigenvalue weighted by Crippen LogP contribution is -2.23. The van der Waals surface area contributed by atoms with E-state index in [-0.39, 0.29) is 5.56 Å². The fourth-order valence-electron chi connectivity index (χ4n) is 2.29. The molecule has 0 aliphatic rings. The highest BCUT2D eigenvalue weighted by Gasteiger charge is 2.11. The van der Waals surface area contributed by atoms with Crippen molar-refractivity contribution < 1.29 is 4.79 Å². The third-order valence-corrected chi connectivity index (χ3v) is 3.87. The number of aromatic nitrogens is 1. The number of halogens is 1. The summed E-state index contributed by atoms with van der Waals surface area (Å²) in [4.78, 5) is 27.2. The van der Waals surface area contributed by atoms with Crippen molar-refractivity contribution in [3.8, 4) is 11.3 Å². The van der Waals surface area contributed by atoms with Gasteiger partial charge in [-0.3, -0.25) is 9.59 Å². The largest absolute Gasteiger partial charge is 0.322 e. The molecule has 0 aliphatic carbocycles. The lowest BCUT2D eigenvalue weighted by molar-refractivity contribution is 0.102. The predicted octanol–water partition coefficient (Wildman–Crippen LogP) is 4.26. The molecule has 5 heteroatoms. The summed E-state index contributed by atoms with van der Waals surface area (Å²) in [7, 11) is 0. The third kappa shape index (κ3) is 3.55. The van der Waals surface area contributed by atoms with E-state index in [1.807, 2.05) is 19.1 Å². The van der Waals surface area contributed by atoms with Gasteiger partial charge in [-0.1, -0.05) is 41.4 Å². The van der Waals surface area contributed by atoms with Crippen molar-refractivity contribution in [3.05, 3.63) is 87.2 Å². The van der Waals surface area contributed by atoms with Crippen molar-refractivity contribution in [2.75, 3.05) is 5.32 Å². The predicted molar refractivity (Wildman–Crippen MR) is 96.6 cm³/mol. The molecule has 0 radical (unpaired) electrons. The van der Waals surface area contributed by atoms with E-state index in [1.54, 1.807) is 42.5 Å². The van der Waals surface area contributed by atoms with Crippen molar-refractivity contribution in [2.45, 2.75) is 6.92 Å². The van der Waals surface area contributed by atoms with Crippen LogP contribution in [0.3, 0.4) is 0 Å². The molecule has 3 aromatic rings. The maximum absolute atomic E-state index is 12.3. The minimum Gasteiger partial charge on any atom is -0.322 e. The van der Waals surface area contributed by atoms with Gasteiger partial charge in [-0.05, 0) is 48.9 Å². The summed E-state index contributed by atoms with van der Waals surface area (Å²) in [6.45, 7) is 1.96. The normalized spacial score (nSPS) is 10.4. The number of H-pyrrole nitrogens is 1. The van der Waals surface area contributed by atoms with Crippen LogP contribution < -0.4 is 10.9 Å². The van der Waals surface area contributed by atoms with Gasteiger partial charge in [0.1, 0.15) is 5.56 Å². The molecule has 1 heterocycles. The molecule has 0 unspecified atom stereocenters. The summed E-state index contributed by atoms with van der Waals surface area (Å²) in [6, 6.07) is 17.7. The van der Waals surface area contributed by atoms with Crippen molar-refractivity contribution in [3.63, 3.8) is 0 Å². The zero-order valence-corrected chi connectivity index (χ0v) is 13.7. The first kappa shape index (κ1) is 16.0. The van der Waals surface area contributed by atoms with Crippen LogP contribution in [0.15, 0.2) is 65.5 Å². The molecule has 2 N–H and O–H groups in total. The van der Waals surface area contributed by atoms with E-state index in [0.29, 0.717) is 16.4 Å². The zero-order chi connectivity index (χ0) is 17.1. The number of aromatic amines is 1. The number of benzene rings is 2. The summed E-state index contributed by atoms with van der Waals surface area (Å²) in [5, 5.41) is 3.34. The first-order chi connectivity index (χ1) is 11.5. The van der Waals surface area contributed by atoms with Crippen LogP contribution in [0, 0.1) is 6.92 Å². The van der Waals surface area contributed by atoms with Gasteiger partial charge in [0.15, 0.2) is 0 Å². The van der Waals surface area contributed by atoms with E-state index >= 15 is 0 Å². The number of rotatable bonds is 3. The molecule has 0 aliphatic heterocycles. The van der Waals surface area contributed by atoms with E-state index in [1.165, 1.54) is 6.07 Å². The molecule has 0 saturated heterocycles. The molecule has 24 heavy (non-hydrogen) atoms. The summed E-state index contributed by atoms with van der Waals surface area (Å²) in [6.07, 6.45) is 0. The minimum atomic E-state index is -0.442. The standard InChI is InChI=1S/C19H15ClN2O2/c1-12-2-8-15(9-3-12)21-18(23)16-10-11-17(22-19(16)24)13-4-6-14(20)7-5-13/h2-11H,1H3,(H,21,23)(H,22,24). The molecule has 0 saturated carbocycles. The van der Waals surface area contributed by atoms with E-state index in [4.69, 9.17) is 11.6 Å². The molecule has 120 valence electrons. The Labute approximate surface area is 144 Å². The van der Waals surface area contributed by atoms with Crippen LogP contribution in [0.1, 0.15) is 15.9 Å². The smallest absolute Gasteiger partial charge is 0.261 e. The Morgan fingerprint density at radius 3 is 2.25 bits per heavy atom. The van der Waals surface area contributed by atoms with Gasteiger partial charge in [0, 0.05) is 16.4 Å². The molecular weight excluding hydrogens is 324 g/mol. The summed E-state index contributed by atoms with van der Waals surface area (Å²) < 4.78 is 0. The molecule has 0 atom stereocenters. The lowest BCUT2D eigenvalue weighted by atomic mass is 10.1. The number of carbonyl (C=O) groups is 1. The van der Waals surface area contributed by atoms with Gasteiger partial charge < -0.3 is 10.3 Å². The van der Waals surface area contributed by atoms with Crippen LogP contribution in [0.2, 0.25) is 5.02 Å². The van der Waals surface area contributed by atoms with Gasteiger partial charge in [-0.25, -0.2) is 0 Å². The van der Waals surface area contributed by atoms with Crippen LogP contribution in [0.25, 0.3) is 11.3 Å².